The molecule has 0 radical (unpaired) electrons. The smallest absolute Gasteiger partial charge is 0.325 e. The Hall–Kier alpha value is -1.32. The van der Waals surface area contributed by atoms with Crippen molar-refractivity contribution in [1.82, 2.24) is 9.78 Å². The molecule has 1 aromatic rings. The Morgan fingerprint density at radius 3 is 3.19 bits per heavy atom. The second-order valence-corrected chi connectivity index (χ2v) is 4.59. The summed E-state index contributed by atoms with van der Waals surface area (Å²) in [6.45, 7) is 2.19. The summed E-state index contributed by atoms with van der Waals surface area (Å²) in [5.41, 5.74) is 2.36. The molecule has 88 valence electrons. The van der Waals surface area contributed by atoms with Crippen LogP contribution in [0.15, 0.2) is 6.20 Å². The number of rotatable bonds is 4. The third-order valence-corrected chi connectivity index (χ3v) is 3.22. The van der Waals surface area contributed by atoms with Crippen LogP contribution in [0.4, 0.5) is 0 Å². The van der Waals surface area contributed by atoms with Crippen molar-refractivity contribution in [2.45, 2.75) is 45.6 Å². The van der Waals surface area contributed by atoms with Crippen LogP contribution in [-0.4, -0.2) is 20.9 Å². The lowest BCUT2D eigenvalue weighted by molar-refractivity contribution is -0.137. The normalized spacial score (nSPS) is 19.4. The van der Waals surface area contributed by atoms with Gasteiger partial charge in [-0.15, -0.1) is 0 Å². The highest BCUT2D eigenvalue weighted by atomic mass is 16.4. The van der Waals surface area contributed by atoms with Gasteiger partial charge in [-0.3, -0.25) is 9.48 Å². The van der Waals surface area contributed by atoms with Crippen molar-refractivity contribution in [3.8, 4) is 0 Å². The Bertz CT molecular complexity index is 384. The minimum atomic E-state index is -0.829. The topological polar surface area (TPSA) is 55.1 Å². The number of carboxylic acids is 1. The Morgan fingerprint density at radius 2 is 2.50 bits per heavy atom. The summed E-state index contributed by atoms with van der Waals surface area (Å²) in [4.78, 5) is 10.6. The van der Waals surface area contributed by atoms with Crippen LogP contribution < -0.4 is 0 Å². The molecule has 0 aromatic carbocycles. The Balaban J connectivity index is 2.07. The Kier molecular flexibility index (Phi) is 3.27. The van der Waals surface area contributed by atoms with Crippen LogP contribution in [0.2, 0.25) is 0 Å². The maximum Gasteiger partial charge on any atom is 0.325 e. The zero-order valence-corrected chi connectivity index (χ0v) is 9.65. The maximum atomic E-state index is 10.6. The largest absolute Gasteiger partial charge is 0.480 e. The zero-order chi connectivity index (χ0) is 11.5. The van der Waals surface area contributed by atoms with Gasteiger partial charge in [0.25, 0.3) is 0 Å². The molecule has 2 rings (SSSR count). The second kappa shape index (κ2) is 4.68. The lowest BCUT2D eigenvalue weighted by atomic mass is 9.85. The van der Waals surface area contributed by atoms with Gasteiger partial charge in [-0.05, 0) is 30.7 Å². The molecule has 1 atom stereocenters. The van der Waals surface area contributed by atoms with Gasteiger partial charge in [0.2, 0.25) is 0 Å². The summed E-state index contributed by atoms with van der Waals surface area (Å²) in [6.07, 6.45) is 7.68. The summed E-state index contributed by atoms with van der Waals surface area (Å²) >= 11 is 0. The molecule has 0 aliphatic heterocycles. The number of nitrogens with zero attached hydrogens (tertiary/aromatic N) is 2. The monoisotopic (exact) mass is 222 g/mol. The van der Waals surface area contributed by atoms with Crippen LogP contribution in [0.1, 0.15) is 37.4 Å². The highest BCUT2D eigenvalue weighted by Crippen LogP contribution is 2.27. The molecule has 1 aliphatic carbocycles. The predicted octanol–water partition coefficient (Wildman–Crippen LogP) is 1.87. The molecular weight excluding hydrogens is 204 g/mol. The van der Waals surface area contributed by atoms with Crippen molar-refractivity contribution in [3.05, 3.63) is 17.5 Å². The van der Waals surface area contributed by atoms with Crippen LogP contribution in [0, 0.1) is 5.92 Å². The average molecular weight is 222 g/mol. The van der Waals surface area contributed by atoms with Crippen molar-refractivity contribution in [2.75, 3.05) is 0 Å². The van der Waals surface area contributed by atoms with Gasteiger partial charge in [0.05, 0.1) is 5.69 Å². The summed E-state index contributed by atoms with van der Waals surface area (Å²) in [5.74, 6) is -0.0649. The molecule has 0 amide bonds. The summed E-state index contributed by atoms with van der Waals surface area (Å²) < 4.78 is 1.56. The van der Waals surface area contributed by atoms with E-state index >= 15 is 0 Å². The molecule has 1 N–H and O–H groups in total. The first kappa shape index (κ1) is 11.2. The van der Waals surface area contributed by atoms with Crippen LogP contribution in [0.3, 0.4) is 0 Å². The van der Waals surface area contributed by atoms with E-state index in [1.165, 1.54) is 24.8 Å². The standard InChI is InChI=1S/C12H18N2O2/c1-2-3-9-4-5-11-10(6-9)7-14(13-11)8-12(15)16/h7,9H,2-6,8H2,1H3,(H,15,16). The number of aliphatic carboxylic acids is 1. The van der Waals surface area contributed by atoms with E-state index in [1.807, 2.05) is 6.20 Å². The molecule has 0 spiro atoms. The predicted molar refractivity (Wildman–Crippen MR) is 60.3 cm³/mol. The number of carboxylic acid groups (broad SMARTS) is 1. The first-order chi connectivity index (χ1) is 7.69. The molecule has 0 saturated carbocycles. The van der Waals surface area contributed by atoms with Crippen LogP contribution >= 0.6 is 0 Å². The molecule has 4 nitrogen and oxygen atoms in total. The Morgan fingerprint density at radius 1 is 1.69 bits per heavy atom. The molecule has 1 aromatic heterocycles. The fraction of sp³-hybridized carbons (Fsp3) is 0.667. The highest BCUT2D eigenvalue weighted by Gasteiger charge is 2.21. The zero-order valence-electron chi connectivity index (χ0n) is 9.65. The summed E-state index contributed by atoms with van der Waals surface area (Å²) in [5, 5.41) is 13.0. The van der Waals surface area contributed by atoms with E-state index in [-0.39, 0.29) is 6.54 Å². The van der Waals surface area contributed by atoms with E-state index in [0.29, 0.717) is 0 Å². The lowest BCUT2D eigenvalue weighted by Crippen LogP contribution is -2.13. The van der Waals surface area contributed by atoms with Gasteiger partial charge in [0.15, 0.2) is 0 Å². The molecule has 4 heteroatoms. The molecule has 1 aliphatic rings. The number of hydrogen-bond donors (Lipinski definition) is 1. The first-order valence-electron chi connectivity index (χ1n) is 5.96. The lowest BCUT2D eigenvalue weighted by Gasteiger charge is -2.20. The fourth-order valence-corrected chi connectivity index (χ4v) is 2.51. The third-order valence-electron chi connectivity index (χ3n) is 3.22. The Labute approximate surface area is 95.3 Å². The van der Waals surface area contributed by atoms with E-state index in [9.17, 15) is 4.79 Å². The molecule has 1 heterocycles. The minimum Gasteiger partial charge on any atom is -0.480 e. The second-order valence-electron chi connectivity index (χ2n) is 4.59. The summed E-state index contributed by atoms with van der Waals surface area (Å²) in [6, 6.07) is 0. The van der Waals surface area contributed by atoms with E-state index in [0.717, 1.165) is 24.5 Å². The molecule has 0 bridgehead atoms. The van der Waals surface area contributed by atoms with Gasteiger partial charge >= 0.3 is 5.97 Å². The highest BCUT2D eigenvalue weighted by molar-refractivity contribution is 5.66. The van der Waals surface area contributed by atoms with Gasteiger partial charge < -0.3 is 5.11 Å². The van der Waals surface area contributed by atoms with Crippen molar-refractivity contribution in [3.63, 3.8) is 0 Å². The molecule has 1 unspecified atom stereocenters. The van der Waals surface area contributed by atoms with E-state index < -0.39 is 5.97 Å². The van der Waals surface area contributed by atoms with Crippen molar-refractivity contribution < 1.29 is 9.90 Å². The maximum absolute atomic E-state index is 10.6. The summed E-state index contributed by atoms with van der Waals surface area (Å²) in [7, 11) is 0. The van der Waals surface area contributed by atoms with E-state index in [4.69, 9.17) is 5.11 Å². The van der Waals surface area contributed by atoms with Crippen LogP contribution in [0.25, 0.3) is 0 Å². The SMILES string of the molecule is CCCC1CCc2nn(CC(=O)O)cc2C1. The van der Waals surface area contributed by atoms with Gasteiger partial charge in [-0.1, -0.05) is 19.8 Å². The quantitative estimate of drug-likeness (QED) is 0.846. The van der Waals surface area contributed by atoms with Gasteiger partial charge in [0.1, 0.15) is 6.54 Å². The average Bonchev–Trinajstić information content (AvgIpc) is 2.58. The first-order valence-corrected chi connectivity index (χ1v) is 5.96. The third kappa shape index (κ3) is 2.43. The van der Waals surface area contributed by atoms with Crippen molar-refractivity contribution in [1.29, 1.82) is 0 Å². The number of aromatic nitrogens is 2. The number of carbonyl (C=O) groups is 1. The van der Waals surface area contributed by atoms with Crippen LogP contribution in [0.5, 0.6) is 0 Å². The number of fused-ring (bicyclic) bond motifs is 1. The van der Waals surface area contributed by atoms with E-state index in [2.05, 4.69) is 12.0 Å². The molecule has 0 saturated heterocycles. The number of hydrogen-bond acceptors (Lipinski definition) is 2. The van der Waals surface area contributed by atoms with Gasteiger partial charge in [0, 0.05) is 6.20 Å². The van der Waals surface area contributed by atoms with Crippen LogP contribution in [-0.2, 0) is 24.2 Å². The fourth-order valence-electron chi connectivity index (χ4n) is 2.51. The minimum absolute atomic E-state index is 0.0224. The molecule has 16 heavy (non-hydrogen) atoms. The van der Waals surface area contributed by atoms with Gasteiger partial charge in [-0.25, -0.2) is 0 Å². The van der Waals surface area contributed by atoms with E-state index in [1.54, 1.807) is 4.68 Å². The van der Waals surface area contributed by atoms with Gasteiger partial charge in [-0.2, -0.15) is 5.10 Å². The molecule has 0 fully saturated rings. The molecular formula is C12H18N2O2. The number of aryl methyl sites for hydroxylation is 1. The van der Waals surface area contributed by atoms with Crippen molar-refractivity contribution in [2.24, 2.45) is 5.92 Å². The van der Waals surface area contributed by atoms with Crippen molar-refractivity contribution >= 4 is 5.97 Å².